The van der Waals surface area contributed by atoms with Gasteiger partial charge in [-0.2, -0.15) is 0 Å². The van der Waals surface area contributed by atoms with Crippen molar-refractivity contribution < 1.29 is 37.8 Å². The van der Waals surface area contributed by atoms with Crippen LogP contribution in [0, 0.1) is 0 Å². The van der Waals surface area contributed by atoms with Crippen molar-refractivity contribution in [2.24, 2.45) is 0 Å². The minimum absolute atomic E-state index is 0.0161. The van der Waals surface area contributed by atoms with Crippen LogP contribution in [-0.2, 0) is 32.7 Å². The lowest BCUT2D eigenvalue weighted by Crippen LogP contribution is -2.73. The fourth-order valence-corrected chi connectivity index (χ4v) is 17.0. The highest BCUT2D eigenvalue weighted by Crippen LogP contribution is 2.42. The second-order valence-corrected chi connectivity index (χ2v) is 24.0. The molecule has 0 spiro atoms. The molecule has 0 saturated carbocycles. The van der Waals surface area contributed by atoms with Crippen molar-refractivity contribution in [1.29, 1.82) is 0 Å². The summed E-state index contributed by atoms with van der Waals surface area (Å²) < 4.78 is 33.1. The predicted octanol–water partition coefficient (Wildman–Crippen LogP) is 5.09. The van der Waals surface area contributed by atoms with E-state index in [1.807, 2.05) is 72.8 Å². The van der Waals surface area contributed by atoms with Gasteiger partial charge >= 0.3 is 11.9 Å². The summed E-state index contributed by atoms with van der Waals surface area (Å²) in [5, 5.41) is 14.8. The highest BCUT2D eigenvalue weighted by molar-refractivity contribution is 7.00. The van der Waals surface area contributed by atoms with E-state index in [1.165, 1.54) is 13.8 Å². The van der Waals surface area contributed by atoms with Gasteiger partial charge in [0.05, 0.1) is 6.61 Å². The van der Waals surface area contributed by atoms with Crippen LogP contribution in [0.4, 0.5) is 0 Å². The molecule has 0 aliphatic carbocycles. The van der Waals surface area contributed by atoms with Crippen LogP contribution in [-0.4, -0.2) is 71.0 Å². The second kappa shape index (κ2) is 16.0. The third kappa shape index (κ3) is 7.88. The Kier molecular flexibility index (Phi) is 12.1. The summed E-state index contributed by atoms with van der Waals surface area (Å²) in [6, 6.07) is 40.7. The first kappa shape index (κ1) is 39.3. The number of benzene rings is 4. The molecule has 10 heteroatoms. The molecule has 1 saturated heterocycles. The quantitative estimate of drug-likeness (QED) is 0.168. The molecule has 0 amide bonds. The summed E-state index contributed by atoms with van der Waals surface area (Å²) >= 11 is 0. The first-order valence-electron chi connectivity index (χ1n) is 17.8. The van der Waals surface area contributed by atoms with Crippen LogP contribution in [0.5, 0.6) is 0 Å². The molecule has 1 N–H and O–H groups in total. The van der Waals surface area contributed by atoms with Gasteiger partial charge in [0, 0.05) is 13.8 Å². The van der Waals surface area contributed by atoms with Crippen LogP contribution in [0.25, 0.3) is 0 Å². The van der Waals surface area contributed by atoms with E-state index in [-0.39, 0.29) is 11.6 Å². The highest BCUT2D eigenvalue weighted by Gasteiger charge is 2.59. The number of hydrogen-bond donors (Lipinski definition) is 1. The minimum atomic E-state index is -3.34. The molecule has 1 aliphatic rings. The van der Waals surface area contributed by atoms with Crippen LogP contribution < -0.4 is 20.7 Å². The summed E-state index contributed by atoms with van der Waals surface area (Å²) in [4.78, 5) is 25.3. The van der Waals surface area contributed by atoms with Crippen molar-refractivity contribution in [3.05, 3.63) is 121 Å². The van der Waals surface area contributed by atoms with Gasteiger partial charge in [0.1, 0.15) is 12.2 Å². The van der Waals surface area contributed by atoms with Gasteiger partial charge in [-0.15, -0.1) is 0 Å². The Hall–Kier alpha value is -3.91. The number of esters is 2. The molecule has 1 unspecified atom stereocenters. The molecule has 4 aromatic rings. The number of hydrogen-bond acceptors (Lipinski definition) is 8. The summed E-state index contributed by atoms with van der Waals surface area (Å²) in [5.74, 6) is -1.27. The standard InChI is InChI=1S/C42H52O8Si2/c1-30(43)47-38-37(50-52(42(6,7)8,34-25-17-11-18-26-34)35-27-19-12-20-28-35)36(49-40(45)39(38)48-31(2)44)29-46-51(41(3,4)5,32-21-13-9-14-22-32)33-23-15-10-16-24-33/h9-28,36-40,45H,29H2,1-8H3/t36-,37-,38+,39-,40?/m0/s1. The van der Waals surface area contributed by atoms with E-state index < -0.39 is 64.3 Å². The van der Waals surface area contributed by atoms with Crippen molar-refractivity contribution in [3.8, 4) is 0 Å². The molecule has 1 heterocycles. The summed E-state index contributed by atoms with van der Waals surface area (Å²) in [6.45, 7) is 15.5. The molecule has 276 valence electrons. The van der Waals surface area contributed by atoms with Crippen molar-refractivity contribution >= 4 is 49.3 Å². The maximum atomic E-state index is 12.9. The van der Waals surface area contributed by atoms with Crippen molar-refractivity contribution in [3.63, 3.8) is 0 Å². The van der Waals surface area contributed by atoms with Crippen molar-refractivity contribution in [1.82, 2.24) is 0 Å². The summed E-state index contributed by atoms with van der Waals surface area (Å²) in [6.07, 6.45) is -6.18. The monoisotopic (exact) mass is 740 g/mol. The predicted molar refractivity (Wildman–Crippen MR) is 208 cm³/mol. The van der Waals surface area contributed by atoms with Gasteiger partial charge in [-0.25, -0.2) is 0 Å². The Morgan fingerprint density at radius 1 is 0.577 bits per heavy atom. The number of aliphatic hydroxyl groups excluding tert-OH is 1. The average Bonchev–Trinajstić information content (AvgIpc) is 3.10. The van der Waals surface area contributed by atoms with Gasteiger partial charge in [0.15, 0.2) is 18.5 Å². The zero-order chi connectivity index (χ0) is 37.7. The minimum Gasteiger partial charge on any atom is -0.456 e. The van der Waals surface area contributed by atoms with Gasteiger partial charge in [-0.1, -0.05) is 163 Å². The van der Waals surface area contributed by atoms with E-state index in [0.29, 0.717) is 0 Å². The lowest BCUT2D eigenvalue weighted by atomic mass is 9.99. The van der Waals surface area contributed by atoms with Gasteiger partial charge in [0.2, 0.25) is 0 Å². The number of ether oxygens (including phenoxy) is 3. The van der Waals surface area contributed by atoms with E-state index in [1.54, 1.807) is 0 Å². The number of aliphatic hydroxyl groups is 1. The molecule has 0 radical (unpaired) electrons. The van der Waals surface area contributed by atoms with Crippen LogP contribution in [0.2, 0.25) is 10.1 Å². The van der Waals surface area contributed by atoms with E-state index in [4.69, 9.17) is 23.1 Å². The third-order valence-corrected chi connectivity index (χ3v) is 19.9. The molecular formula is C42H52O8Si2. The molecule has 5 atom stereocenters. The van der Waals surface area contributed by atoms with Crippen LogP contribution in [0.3, 0.4) is 0 Å². The average molecular weight is 741 g/mol. The lowest BCUT2D eigenvalue weighted by molar-refractivity contribution is -0.289. The molecule has 1 fully saturated rings. The van der Waals surface area contributed by atoms with E-state index in [2.05, 4.69) is 90.1 Å². The van der Waals surface area contributed by atoms with E-state index in [9.17, 15) is 14.7 Å². The smallest absolute Gasteiger partial charge is 0.303 e. The normalized spacial score (nSPS) is 21.3. The van der Waals surface area contributed by atoms with Crippen LogP contribution in [0.15, 0.2) is 121 Å². The maximum absolute atomic E-state index is 12.9. The Labute approximate surface area is 310 Å². The topological polar surface area (TPSA) is 101 Å². The zero-order valence-corrected chi connectivity index (χ0v) is 33.4. The van der Waals surface area contributed by atoms with E-state index in [0.717, 1.165) is 20.7 Å². The second-order valence-electron chi connectivity index (χ2n) is 15.4. The Balaban J connectivity index is 1.72. The van der Waals surface area contributed by atoms with Crippen molar-refractivity contribution in [2.45, 2.75) is 96.2 Å². The van der Waals surface area contributed by atoms with Gasteiger partial charge in [-0.3, -0.25) is 9.59 Å². The molecule has 5 rings (SSSR count). The van der Waals surface area contributed by atoms with Crippen LogP contribution in [0.1, 0.15) is 55.4 Å². The molecule has 4 aromatic carbocycles. The Morgan fingerprint density at radius 2 is 0.923 bits per heavy atom. The number of carbonyl (C=O) groups excluding carboxylic acids is 2. The first-order valence-corrected chi connectivity index (χ1v) is 21.7. The van der Waals surface area contributed by atoms with Crippen molar-refractivity contribution in [2.75, 3.05) is 6.61 Å². The molecule has 0 aromatic heterocycles. The lowest BCUT2D eigenvalue weighted by Gasteiger charge is -2.51. The number of rotatable bonds is 11. The fraction of sp³-hybridized carbons (Fsp3) is 0.381. The fourth-order valence-electron chi connectivity index (χ4n) is 7.68. The molecule has 1 aliphatic heterocycles. The Bertz CT molecular complexity index is 1680. The third-order valence-electron chi connectivity index (χ3n) is 9.82. The van der Waals surface area contributed by atoms with E-state index >= 15 is 0 Å². The van der Waals surface area contributed by atoms with Gasteiger partial charge < -0.3 is 28.2 Å². The molecular weight excluding hydrogens is 689 g/mol. The largest absolute Gasteiger partial charge is 0.456 e. The first-order chi connectivity index (χ1) is 24.6. The molecule has 0 bridgehead atoms. The Morgan fingerprint density at radius 3 is 1.27 bits per heavy atom. The maximum Gasteiger partial charge on any atom is 0.303 e. The highest BCUT2D eigenvalue weighted by atomic mass is 28.4. The molecule has 52 heavy (non-hydrogen) atoms. The van der Waals surface area contributed by atoms with Gasteiger partial charge in [-0.05, 0) is 30.8 Å². The van der Waals surface area contributed by atoms with Crippen LogP contribution >= 0.6 is 0 Å². The summed E-state index contributed by atoms with van der Waals surface area (Å²) in [5.41, 5.74) is 0. The summed E-state index contributed by atoms with van der Waals surface area (Å²) in [7, 11) is -6.44. The van der Waals surface area contributed by atoms with Gasteiger partial charge in [0.25, 0.3) is 16.6 Å². The molecule has 8 nitrogen and oxygen atoms in total. The zero-order valence-electron chi connectivity index (χ0n) is 31.4. The number of carbonyl (C=O) groups is 2. The SMILES string of the molecule is CC(=O)O[C@@H]1[C@@H](O[Si](c2ccccc2)(c2ccccc2)C(C)(C)C)[C@H](CO[Si](c2ccccc2)(c2ccccc2)C(C)(C)C)OC(O)[C@H]1OC(C)=O.